The number of aryl methyl sites for hydroxylation is 1. The third kappa shape index (κ3) is 2.44. The van der Waals surface area contributed by atoms with Gasteiger partial charge in [-0.25, -0.2) is 9.37 Å². The molecule has 0 spiro atoms. The lowest BCUT2D eigenvalue weighted by molar-refractivity contribution is 0.601. The monoisotopic (exact) mass is 293 g/mol. The number of anilines is 1. The highest BCUT2D eigenvalue weighted by molar-refractivity contribution is 5.88. The topological polar surface area (TPSA) is 37.8 Å². The Morgan fingerprint density at radius 3 is 2.68 bits per heavy atom. The Morgan fingerprint density at radius 2 is 1.91 bits per heavy atom. The van der Waals surface area contributed by atoms with Crippen LogP contribution >= 0.6 is 0 Å². The average molecular weight is 293 g/mol. The highest BCUT2D eigenvalue weighted by Gasteiger charge is 2.10. The van der Waals surface area contributed by atoms with Crippen molar-refractivity contribution in [3.8, 4) is 11.1 Å². The minimum absolute atomic E-state index is 0.249. The molecule has 0 atom stereocenters. The maximum atomic E-state index is 14.0. The van der Waals surface area contributed by atoms with Crippen LogP contribution in [0.25, 0.3) is 21.9 Å². The first-order valence-corrected chi connectivity index (χ1v) is 6.99. The molecule has 3 nitrogen and oxygen atoms in total. The number of hydrogen-bond acceptors (Lipinski definition) is 3. The molecule has 0 amide bonds. The van der Waals surface area contributed by atoms with Crippen molar-refractivity contribution in [1.82, 2.24) is 9.97 Å². The quantitative estimate of drug-likeness (QED) is 0.766. The average Bonchev–Trinajstić information content (AvgIpc) is 2.53. The Balaban J connectivity index is 2.11. The van der Waals surface area contributed by atoms with Gasteiger partial charge in [0.05, 0.1) is 5.69 Å². The fourth-order valence-electron chi connectivity index (χ4n) is 2.49. The number of rotatable bonds is 3. The van der Waals surface area contributed by atoms with Gasteiger partial charge in [-0.2, -0.15) is 0 Å². The molecule has 0 radical (unpaired) electrons. The molecule has 2 aromatic heterocycles. The third-order valence-electron chi connectivity index (χ3n) is 3.72. The number of hydrogen-bond donors (Lipinski definition) is 1. The van der Waals surface area contributed by atoms with Crippen LogP contribution < -0.4 is 5.32 Å². The predicted molar refractivity (Wildman–Crippen MR) is 88.2 cm³/mol. The van der Waals surface area contributed by atoms with Gasteiger partial charge in [0.2, 0.25) is 0 Å². The Kier molecular flexibility index (Phi) is 3.59. The van der Waals surface area contributed by atoms with Crippen LogP contribution in [0.4, 0.5) is 10.2 Å². The van der Waals surface area contributed by atoms with Gasteiger partial charge >= 0.3 is 0 Å². The van der Waals surface area contributed by atoms with Gasteiger partial charge in [-0.15, -0.1) is 0 Å². The summed E-state index contributed by atoms with van der Waals surface area (Å²) in [5.41, 5.74) is 2.77. The van der Waals surface area contributed by atoms with E-state index in [1.165, 1.54) is 0 Å². The summed E-state index contributed by atoms with van der Waals surface area (Å²) >= 11 is 0. The zero-order valence-corrected chi connectivity index (χ0v) is 12.5. The van der Waals surface area contributed by atoms with E-state index in [9.17, 15) is 4.39 Å². The fourth-order valence-corrected chi connectivity index (χ4v) is 2.49. The normalized spacial score (nSPS) is 10.7. The summed E-state index contributed by atoms with van der Waals surface area (Å²) in [6.45, 7) is 7.07. The van der Waals surface area contributed by atoms with Crippen LogP contribution in [0, 0.1) is 19.7 Å². The number of aromatic nitrogens is 2. The van der Waals surface area contributed by atoms with Gasteiger partial charge in [0.1, 0.15) is 11.6 Å². The van der Waals surface area contributed by atoms with Crippen LogP contribution in [-0.4, -0.2) is 9.97 Å². The SMILES string of the molecule is C=CNc1cc2ccc(-c3cnc(C)c(F)c3C)cc2cn1. The van der Waals surface area contributed by atoms with Crippen molar-refractivity contribution in [3.05, 3.63) is 66.5 Å². The highest BCUT2D eigenvalue weighted by atomic mass is 19.1. The van der Waals surface area contributed by atoms with E-state index >= 15 is 0 Å². The summed E-state index contributed by atoms with van der Waals surface area (Å²) in [7, 11) is 0. The van der Waals surface area contributed by atoms with Crippen molar-refractivity contribution in [3.63, 3.8) is 0 Å². The van der Waals surface area contributed by atoms with E-state index in [1.54, 1.807) is 32.4 Å². The van der Waals surface area contributed by atoms with Crippen LogP contribution in [-0.2, 0) is 0 Å². The molecule has 1 aromatic carbocycles. The molecule has 0 saturated heterocycles. The third-order valence-corrected chi connectivity index (χ3v) is 3.72. The summed E-state index contributed by atoms with van der Waals surface area (Å²) < 4.78 is 14.0. The minimum atomic E-state index is -0.249. The van der Waals surface area contributed by atoms with Gasteiger partial charge in [-0.1, -0.05) is 18.7 Å². The molecule has 110 valence electrons. The van der Waals surface area contributed by atoms with Crippen LogP contribution in [0.15, 0.2) is 49.4 Å². The van der Waals surface area contributed by atoms with Crippen molar-refractivity contribution in [2.75, 3.05) is 5.32 Å². The smallest absolute Gasteiger partial charge is 0.147 e. The lowest BCUT2D eigenvalue weighted by Gasteiger charge is -2.10. The Bertz CT molecular complexity index is 872. The molecule has 0 unspecified atom stereocenters. The summed E-state index contributed by atoms with van der Waals surface area (Å²) in [5.74, 6) is 0.496. The van der Waals surface area contributed by atoms with Gasteiger partial charge in [0, 0.05) is 23.3 Å². The molecule has 0 fully saturated rings. The maximum Gasteiger partial charge on any atom is 0.147 e. The van der Waals surface area contributed by atoms with E-state index in [-0.39, 0.29) is 5.82 Å². The molecule has 0 aliphatic heterocycles. The highest BCUT2D eigenvalue weighted by Crippen LogP contribution is 2.28. The van der Waals surface area contributed by atoms with Crippen LogP contribution in [0.1, 0.15) is 11.3 Å². The first kappa shape index (κ1) is 14.2. The molecule has 4 heteroatoms. The number of pyridine rings is 2. The van der Waals surface area contributed by atoms with E-state index in [4.69, 9.17) is 0 Å². The molecule has 3 aromatic rings. The Hall–Kier alpha value is -2.75. The van der Waals surface area contributed by atoms with E-state index in [0.29, 0.717) is 11.3 Å². The lowest BCUT2D eigenvalue weighted by Crippen LogP contribution is -1.95. The number of fused-ring (bicyclic) bond motifs is 1. The molecule has 1 N–H and O–H groups in total. The Morgan fingerprint density at radius 1 is 1.09 bits per heavy atom. The number of nitrogens with zero attached hydrogens (tertiary/aromatic N) is 2. The number of nitrogens with one attached hydrogen (secondary N) is 1. The second-order valence-corrected chi connectivity index (χ2v) is 5.18. The predicted octanol–water partition coefficient (Wildman–Crippen LogP) is 4.61. The number of benzene rings is 1. The largest absolute Gasteiger partial charge is 0.347 e. The van der Waals surface area contributed by atoms with Gasteiger partial charge in [-0.3, -0.25) is 4.98 Å². The molecule has 22 heavy (non-hydrogen) atoms. The second-order valence-electron chi connectivity index (χ2n) is 5.18. The zero-order valence-electron chi connectivity index (χ0n) is 12.5. The maximum absolute atomic E-state index is 14.0. The number of halogens is 1. The summed E-state index contributed by atoms with van der Waals surface area (Å²) in [5, 5.41) is 5.01. The molecular formula is C18H16FN3. The molecule has 0 bridgehead atoms. The van der Waals surface area contributed by atoms with Crippen molar-refractivity contribution >= 4 is 16.6 Å². The second kappa shape index (κ2) is 5.56. The van der Waals surface area contributed by atoms with Crippen LogP contribution in [0.5, 0.6) is 0 Å². The van der Waals surface area contributed by atoms with E-state index in [1.807, 2.05) is 24.3 Å². The van der Waals surface area contributed by atoms with Gasteiger partial charge in [0.15, 0.2) is 0 Å². The van der Waals surface area contributed by atoms with Crippen molar-refractivity contribution < 1.29 is 4.39 Å². The molecule has 0 saturated carbocycles. The Labute approximate surface area is 128 Å². The van der Waals surface area contributed by atoms with Gasteiger partial charge < -0.3 is 5.32 Å². The fraction of sp³-hybridized carbons (Fsp3) is 0.111. The molecule has 0 aliphatic carbocycles. The van der Waals surface area contributed by atoms with E-state index in [0.717, 1.165) is 27.7 Å². The van der Waals surface area contributed by atoms with Gasteiger partial charge in [0.25, 0.3) is 0 Å². The molecule has 2 heterocycles. The van der Waals surface area contributed by atoms with E-state index < -0.39 is 0 Å². The van der Waals surface area contributed by atoms with Crippen LogP contribution in [0.2, 0.25) is 0 Å². The van der Waals surface area contributed by atoms with Crippen molar-refractivity contribution in [1.29, 1.82) is 0 Å². The van der Waals surface area contributed by atoms with Crippen molar-refractivity contribution in [2.24, 2.45) is 0 Å². The molecule has 3 rings (SSSR count). The first-order chi connectivity index (χ1) is 10.6. The zero-order chi connectivity index (χ0) is 15.7. The van der Waals surface area contributed by atoms with Crippen molar-refractivity contribution in [2.45, 2.75) is 13.8 Å². The summed E-state index contributed by atoms with van der Waals surface area (Å²) in [4.78, 5) is 8.44. The first-order valence-electron chi connectivity index (χ1n) is 6.99. The van der Waals surface area contributed by atoms with Gasteiger partial charge in [-0.05, 0) is 48.7 Å². The van der Waals surface area contributed by atoms with Crippen LogP contribution in [0.3, 0.4) is 0 Å². The summed E-state index contributed by atoms with van der Waals surface area (Å²) in [6.07, 6.45) is 5.10. The molecular weight excluding hydrogens is 277 g/mol. The molecule has 0 aliphatic rings. The summed E-state index contributed by atoms with van der Waals surface area (Å²) in [6, 6.07) is 7.91. The standard InChI is InChI=1S/C18H16FN3/c1-4-20-17-8-13-5-6-14(7-15(13)9-22-17)16-10-21-12(3)18(19)11(16)2/h4-10H,1H2,2-3H3,(H,20,22). The lowest BCUT2D eigenvalue weighted by atomic mass is 9.99. The van der Waals surface area contributed by atoms with E-state index in [2.05, 4.69) is 21.9 Å². The minimum Gasteiger partial charge on any atom is -0.347 e.